The summed E-state index contributed by atoms with van der Waals surface area (Å²) >= 11 is 0. The van der Waals surface area contributed by atoms with Gasteiger partial charge in [-0.3, -0.25) is 18.7 Å². The lowest BCUT2D eigenvalue weighted by atomic mass is 9.96. The molecule has 0 aliphatic carbocycles. The summed E-state index contributed by atoms with van der Waals surface area (Å²) in [6.07, 6.45) is 1.90. The number of nitrogens with zero attached hydrogens (tertiary/aromatic N) is 3. The Kier molecular flexibility index (Phi) is 4.24. The van der Waals surface area contributed by atoms with Crippen molar-refractivity contribution in [3.63, 3.8) is 0 Å². The van der Waals surface area contributed by atoms with Crippen LogP contribution in [0.15, 0.2) is 33.9 Å². The van der Waals surface area contributed by atoms with Crippen molar-refractivity contribution < 1.29 is 4.79 Å². The molecule has 2 aromatic rings. The van der Waals surface area contributed by atoms with Crippen molar-refractivity contribution in [2.45, 2.75) is 25.8 Å². The van der Waals surface area contributed by atoms with Crippen LogP contribution in [-0.4, -0.2) is 27.5 Å². The molecule has 1 atom stereocenters. The van der Waals surface area contributed by atoms with Crippen LogP contribution in [0.3, 0.4) is 0 Å². The van der Waals surface area contributed by atoms with E-state index in [2.05, 4.69) is 13.0 Å². The predicted molar refractivity (Wildman–Crippen MR) is 97.2 cm³/mol. The second-order valence-electron chi connectivity index (χ2n) is 6.53. The van der Waals surface area contributed by atoms with Gasteiger partial charge in [0.15, 0.2) is 5.78 Å². The number of carbonyl (C=O) groups is 1. The van der Waals surface area contributed by atoms with Crippen LogP contribution < -0.4 is 21.9 Å². The summed E-state index contributed by atoms with van der Waals surface area (Å²) in [5.41, 5.74) is 6.78. The average Bonchev–Trinajstić information content (AvgIpc) is 2.61. The van der Waals surface area contributed by atoms with Crippen LogP contribution in [0.5, 0.6) is 0 Å². The van der Waals surface area contributed by atoms with Gasteiger partial charge in [-0.05, 0) is 31.4 Å². The molecule has 0 saturated carbocycles. The second kappa shape index (κ2) is 6.23. The molecule has 7 nitrogen and oxygen atoms in total. The molecule has 7 heteroatoms. The first kappa shape index (κ1) is 17.0. The van der Waals surface area contributed by atoms with Crippen molar-refractivity contribution in [3.8, 4) is 0 Å². The molecule has 0 amide bonds. The van der Waals surface area contributed by atoms with E-state index in [-0.39, 0.29) is 29.8 Å². The zero-order valence-electron chi connectivity index (χ0n) is 14.7. The summed E-state index contributed by atoms with van der Waals surface area (Å²) < 4.78 is 2.04. The van der Waals surface area contributed by atoms with E-state index in [9.17, 15) is 14.4 Å². The number of aromatic nitrogens is 2. The van der Waals surface area contributed by atoms with Crippen LogP contribution in [0.4, 0.5) is 11.5 Å². The van der Waals surface area contributed by atoms with Gasteiger partial charge in [0.1, 0.15) is 11.4 Å². The topological polar surface area (TPSA) is 90.3 Å². The molecule has 1 aliphatic heterocycles. The maximum absolute atomic E-state index is 12.9. The van der Waals surface area contributed by atoms with Crippen molar-refractivity contribution in [2.24, 2.45) is 14.1 Å². The summed E-state index contributed by atoms with van der Waals surface area (Å²) in [6.45, 7) is 2.11. The van der Waals surface area contributed by atoms with Crippen molar-refractivity contribution in [1.82, 2.24) is 9.13 Å². The normalized spacial score (nSPS) is 16.6. The Morgan fingerprint density at radius 2 is 1.88 bits per heavy atom. The Bertz CT molecular complexity index is 958. The molecule has 0 saturated heterocycles. The fraction of sp³-hybridized carbons (Fsp3) is 0.389. The van der Waals surface area contributed by atoms with Crippen molar-refractivity contribution >= 4 is 17.3 Å². The SMILES string of the molecule is CC1CCc2ccccc2N1CC(=O)c1c(N)n(C)c(=O)n(C)c1=O. The Hall–Kier alpha value is -2.83. The van der Waals surface area contributed by atoms with E-state index in [4.69, 9.17) is 5.73 Å². The van der Waals surface area contributed by atoms with Gasteiger partial charge in [-0.1, -0.05) is 18.2 Å². The maximum atomic E-state index is 12.9. The van der Waals surface area contributed by atoms with Gasteiger partial charge >= 0.3 is 5.69 Å². The predicted octanol–water partition coefficient (Wildman–Crippen LogP) is 0.690. The molecule has 1 aliphatic rings. The summed E-state index contributed by atoms with van der Waals surface area (Å²) in [7, 11) is 2.80. The lowest BCUT2D eigenvalue weighted by Crippen LogP contribution is -2.45. The fourth-order valence-corrected chi connectivity index (χ4v) is 3.36. The number of nitrogens with two attached hydrogens (primary N) is 1. The van der Waals surface area contributed by atoms with Crippen molar-refractivity contribution in [3.05, 3.63) is 56.2 Å². The van der Waals surface area contributed by atoms with Crippen LogP contribution in [0, 0.1) is 0 Å². The van der Waals surface area contributed by atoms with E-state index >= 15 is 0 Å². The third kappa shape index (κ3) is 2.75. The fourth-order valence-electron chi connectivity index (χ4n) is 3.36. The Morgan fingerprint density at radius 3 is 2.60 bits per heavy atom. The Balaban J connectivity index is 2.02. The Labute approximate surface area is 145 Å². The summed E-state index contributed by atoms with van der Waals surface area (Å²) in [5.74, 6) is -0.465. The van der Waals surface area contributed by atoms with Crippen molar-refractivity contribution in [1.29, 1.82) is 0 Å². The molecular weight excluding hydrogens is 320 g/mol. The van der Waals surface area contributed by atoms with Gasteiger partial charge in [-0.15, -0.1) is 0 Å². The minimum Gasteiger partial charge on any atom is -0.384 e. The number of para-hydroxylation sites is 1. The molecule has 1 unspecified atom stereocenters. The average molecular weight is 342 g/mol. The number of ketones is 1. The first-order valence-electron chi connectivity index (χ1n) is 8.26. The second-order valence-corrected chi connectivity index (χ2v) is 6.53. The first-order chi connectivity index (χ1) is 11.8. The number of rotatable bonds is 3. The smallest absolute Gasteiger partial charge is 0.332 e. The monoisotopic (exact) mass is 342 g/mol. The molecule has 0 radical (unpaired) electrons. The summed E-state index contributed by atoms with van der Waals surface area (Å²) in [4.78, 5) is 39.2. The molecule has 0 fully saturated rings. The zero-order chi connectivity index (χ0) is 18.3. The highest BCUT2D eigenvalue weighted by Crippen LogP contribution is 2.30. The minimum atomic E-state index is -0.649. The highest BCUT2D eigenvalue weighted by atomic mass is 16.2. The van der Waals surface area contributed by atoms with Gasteiger partial charge in [-0.25, -0.2) is 4.79 Å². The summed E-state index contributed by atoms with van der Waals surface area (Å²) in [5, 5.41) is 0. The number of hydrogen-bond donors (Lipinski definition) is 1. The number of Topliss-reactive ketones (excluding diaryl/α,β-unsaturated/α-hetero) is 1. The third-order valence-electron chi connectivity index (χ3n) is 4.97. The number of nitrogen functional groups attached to an aromatic ring is 1. The first-order valence-corrected chi connectivity index (χ1v) is 8.26. The zero-order valence-corrected chi connectivity index (χ0v) is 14.7. The van der Waals surface area contributed by atoms with Crippen molar-refractivity contribution in [2.75, 3.05) is 17.2 Å². The molecular formula is C18H22N4O3. The molecule has 3 rings (SSSR count). The number of aryl methyl sites for hydroxylation is 1. The number of carbonyl (C=O) groups excluding carboxylic acids is 1. The Morgan fingerprint density at radius 1 is 1.20 bits per heavy atom. The third-order valence-corrected chi connectivity index (χ3v) is 4.97. The van der Waals surface area contributed by atoms with Crippen LogP contribution in [0.1, 0.15) is 29.3 Å². The van der Waals surface area contributed by atoms with Gasteiger partial charge in [0.2, 0.25) is 0 Å². The molecule has 132 valence electrons. The van der Waals surface area contributed by atoms with E-state index in [0.717, 1.165) is 27.7 Å². The van der Waals surface area contributed by atoms with E-state index in [1.807, 2.05) is 23.1 Å². The van der Waals surface area contributed by atoms with Crippen LogP contribution in [0.2, 0.25) is 0 Å². The van der Waals surface area contributed by atoms with Gasteiger partial charge in [0, 0.05) is 25.8 Å². The summed E-state index contributed by atoms with van der Waals surface area (Å²) in [6, 6.07) is 8.14. The van der Waals surface area contributed by atoms with E-state index in [0.29, 0.717) is 0 Å². The minimum absolute atomic E-state index is 0.0514. The van der Waals surface area contributed by atoms with Gasteiger partial charge in [0.25, 0.3) is 5.56 Å². The van der Waals surface area contributed by atoms with E-state index in [1.165, 1.54) is 19.7 Å². The number of fused-ring (bicyclic) bond motifs is 1. The molecule has 2 N–H and O–H groups in total. The molecule has 2 heterocycles. The van der Waals surface area contributed by atoms with Gasteiger partial charge in [-0.2, -0.15) is 0 Å². The van der Waals surface area contributed by atoms with Crippen LogP contribution in [0.25, 0.3) is 0 Å². The highest BCUT2D eigenvalue weighted by molar-refractivity contribution is 6.02. The quantitative estimate of drug-likeness (QED) is 0.829. The van der Waals surface area contributed by atoms with E-state index < -0.39 is 11.2 Å². The molecule has 1 aromatic heterocycles. The largest absolute Gasteiger partial charge is 0.384 e. The van der Waals surface area contributed by atoms with E-state index in [1.54, 1.807) is 0 Å². The standard InChI is InChI=1S/C18H22N4O3/c1-11-8-9-12-6-4-5-7-13(12)22(11)10-14(23)15-16(19)20(2)18(25)21(3)17(15)24/h4-7,11H,8-10,19H2,1-3H3. The maximum Gasteiger partial charge on any atom is 0.332 e. The lowest BCUT2D eigenvalue weighted by molar-refractivity contribution is 0.0994. The number of benzene rings is 1. The van der Waals surface area contributed by atoms with Crippen LogP contribution in [-0.2, 0) is 20.5 Å². The molecule has 25 heavy (non-hydrogen) atoms. The molecule has 1 aromatic carbocycles. The van der Waals surface area contributed by atoms with Crippen LogP contribution >= 0.6 is 0 Å². The van der Waals surface area contributed by atoms with Gasteiger partial charge < -0.3 is 10.6 Å². The number of hydrogen-bond acceptors (Lipinski definition) is 5. The molecule has 0 bridgehead atoms. The lowest BCUT2D eigenvalue weighted by Gasteiger charge is -2.36. The van der Waals surface area contributed by atoms with Gasteiger partial charge in [0.05, 0.1) is 6.54 Å². The molecule has 0 spiro atoms. The number of anilines is 2. The highest BCUT2D eigenvalue weighted by Gasteiger charge is 2.27.